The van der Waals surface area contributed by atoms with Crippen LogP contribution < -0.4 is 16.4 Å². The number of amides is 1. The Morgan fingerprint density at radius 1 is 1.38 bits per heavy atom. The lowest BCUT2D eigenvalue weighted by Crippen LogP contribution is -2.27. The van der Waals surface area contributed by atoms with Gasteiger partial charge in [-0.05, 0) is 12.1 Å². The van der Waals surface area contributed by atoms with E-state index in [2.05, 4.69) is 10.6 Å². The molecule has 1 aliphatic rings. The van der Waals surface area contributed by atoms with Crippen molar-refractivity contribution in [1.82, 2.24) is 0 Å². The average Bonchev–Trinajstić information content (AvgIpc) is 2.08. The second-order valence-electron chi connectivity index (χ2n) is 2.82. The largest absolute Gasteiger partial charge is 0.397 e. The molecule has 1 aliphatic heterocycles. The van der Waals surface area contributed by atoms with Crippen LogP contribution in [0.1, 0.15) is 0 Å². The summed E-state index contributed by atoms with van der Waals surface area (Å²) < 4.78 is 0. The molecule has 5 heteroatoms. The maximum absolute atomic E-state index is 11.0. The molecule has 0 saturated carbocycles. The van der Waals surface area contributed by atoms with E-state index in [4.69, 9.17) is 17.3 Å². The Morgan fingerprint density at radius 3 is 2.92 bits per heavy atom. The van der Waals surface area contributed by atoms with E-state index in [0.29, 0.717) is 16.4 Å². The second-order valence-corrected chi connectivity index (χ2v) is 3.23. The number of rotatable bonds is 0. The molecule has 0 unspecified atom stereocenters. The maximum atomic E-state index is 11.0. The molecule has 4 nitrogen and oxygen atoms in total. The molecule has 1 aromatic carbocycles. The Balaban J connectivity index is 2.49. The molecular formula is C8H8ClN3O. The van der Waals surface area contributed by atoms with Gasteiger partial charge in [0.25, 0.3) is 0 Å². The minimum atomic E-state index is -0.0756. The Morgan fingerprint density at radius 2 is 2.15 bits per heavy atom. The third-order valence-corrected chi connectivity index (χ3v) is 2.18. The van der Waals surface area contributed by atoms with Crippen molar-refractivity contribution in [3.05, 3.63) is 17.2 Å². The van der Waals surface area contributed by atoms with Gasteiger partial charge in [0.2, 0.25) is 5.91 Å². The molecule has 1 aromatic rings. The van der Waals surface area contributed by atoms with Gasteiger partial charge in [-0.1, -0.05) is 11.6 Å². The van der Waals surface area contributed by atoms with Crippen LogP contribution in [-0.2, 0) is 4.79 Å². The van der Waals surface area contributed by atoms with Gasteiger partial charge in [0.1, 0.15) is 0 Å². The molecule has 2 rings (SSSR count). The van der Waals surface area contributed by atoms with E-state index in [1.54, 1.807) is 12.1 Å². The van der Waals surface area contributed by atoms with Gasteiger partial charge in [0.15, 0.2) is 0 Å². The van der Waals surface area contributed by atoms with Crippen LogP contribution >= 0.6 is 11.6 Å². The lowest BCUT2D eigenvalue weighted by Gasteiger charge is -2.19. The van der Waals surface area contributed by atoms with Crippen molar-refractivity contribution in [2.24, 2.45) is 0 Å². The van der Waals surface area contributed by atoms with Crippen molar-refractivity contribution in [3.8, 4) is 0 Å². The van der Waals surface area contributed by atoms with Crippen molar-refractivity contribution < 1.29 is 4.79 Å². The highest BCUT2D eigenvalue weighted by Gasteiger charge is 2.14. The Kier molecular flexibility index (Phi) is 1.77. The normalized spacial score (nSPS) is 14.4. The highest BCUT2D eigenvalue weighted by molar-refractivity contribution is 6.33. The lowest BCUT2D eigenvalue weighted by atomic mass is 10.2. The van der Waals surface area contributed by atoms with Crippen LogP contribution in [0, 0.1) is 0 Å². The number of carbonyl (C=O) groups excluding carboxylic acids is 1. The molecule has 0 fully saturated rings. The number of benzene rings is 1. The van der Waals surface area contributed by atoms with E-state index >= 15 is 0 Å². The number of hydrogen-bond acceptors (Lipinski definition) is 3. The Bertz CT molecular complexity index is 378. The summed E-state index contributed by atoms with van der Waals surface area (Å²) in [6.45, 7) is 0.272. The number of nitrogens with two attached hydrogens (primary N) is 1. The molecule has 0 bridgehead atoms. The zero-order valence-corrected chi connectivity index (χ0v) is 7.48. The quantitative estimate of drug-likeness (QED) is 0.549. The third kappa shape index (κ3) is 1.40. The van der Waals surface area contributed by atoms with E-state index in [1.165, 1.54) is 0 Å². The predicted octanol–water partition coefficient (Wildman–Crippen LogP) is 1.29. The first-order valence-corrected chi connectivity index (χ1v) is 4.17. The summed E-state index contributed by atoms with van der Waals surface area (Å²) in [5, 5.41) is 6.06. The zero-order chi connectivity index (χ0) is 9.42. The molecule has 0 spiro atoms. The molecular weight excluding hydrogens is 190 g/mol. The number of fused-ring (bicyclic) bond motifs is 1. The molecule has 4 N–H and O–H groups in total. The van der Waals surface area contributed by atoms with E-state index in [1.807, 2.05) is 0 Å². The number of hydrogen-bond donors (Lipinski definition) is 3. The predicted molar refractivity (Wildman–Crippen MR) is 53.0 cm³/mol. The first-order valence-electron chi connectivity index (χ1n) is 3.79. The molecule has 0 radical (unpaired) electrons. The second kappa shape index (κ2) is 2.81. The third-order valence-electron chi connectivity index (χ3n) is 1.85. The molecule has 1 amide bonds. The van der Waals surface area contributed by atoms with Gasteiger partial charge in [0, 0.05) is 0 Å². The molecule has 13 heavy (non-hydrogen) atoms. The van der Waals surface area contributed by atoms with Crippen LogP contribution in [0.25, 0.3) is 0 Å². The number of anilines is 3. The van der Waals surface area contributed by atoms with Crippen molar-refractivity contribution >= 4 is 34.6 Å². The first-order chi connectivity index (χ1) is 6.16. The van der Waals surface area contributed by atoms with E-state index in [9.17, 15) is 4.79 Å². The average molecular weight is 198 g/mol. The summed E-state index contributed by atoms with van der Waals surface area (Å²) >= 11 is 5.79. The van der Waals surface area contributed by atoms with Crippen molar-refractivity contribution in [3.63, 3.8) is 0 Å². The van der Waals surface area contributed by atoms with Crippen LogP contribution in [0.5, 0.6) is 0 Å². The van der Waals surface area contributed by atoms with Crippen LogP contribution in [0.2, 0.25) is 5.02 Å². The van der Waals surface area contributed by atoms with Gasteiger partial charge in [0.05, 0.1) is 28.6 Å². The standard InChI is InChI=1S/C8H8ClN3O/c9-4-1-7-6(2-5(4)10)11-3-8(13)12-7/h1-2,11H,3,10H2,(H,12,13). The fourth-order valence-corrected chi connectivity index (χ4v) is 1.37. The minimum absolute atomic E-state index is 0.0756. The number of carbonyl (C=O) groups is 1. The Labute approximate surface area is 80.1 Å². The number of nitrogens with one attached hydrogen (secondary N) is 2. The lowest BCUT2D eigenvalue weighted by molar-refractivity contribution is -0.114. The van der Waals surface area contributed by atoms with E-state index < -0.39 is 0 Å². The van der Waals surface area contributed by atoms with E-state index in [0.717, 1.165) is 5.69 Å². The van der Waals surface area contributed by atoms with Gasteiger partial charge in [-0.3, -0.25) is 4.79 Å². The smallest absolute Gasteiger partial charge is 0.243 e. The summed E-state index contributed by atoms with van der Waals surface area (Å²) in [5.41, 5.74) is 7.58. The summed E-state index contributed by atoms with van der Waals surface area (Å²) in [6, 6.07) is 3.34. The molecule has 0 aliphatic carbocycles. The summed E-state index contributed by atoms with van der Waals surface area (Å²) in [4.78, 5) is 11.0. The van der Waals surface area contributed by atoms with Crippen LogP contribution in [0.4, 0.5) is 17.1 Å². The fraction of sp³-hybridized carbons (Fsp3) is 0.125. The zero-order valence-electron chi connectivity index (χ0n) is 6.73. The summed E-state index contributed by atoms with van der Waals surface area (Å²) in [7, 11) is 0. The Hall–Kier alpha value is -1.42. The van der Waals surface area contributed by atoms with Gasteiger partial charge in [-0.15, -0.1) is 0 Å². The monoisotopic (exact) mass is 197 g/mol. The van der Waals surface area contributed by atoms with Crippen molar-refractivity contribution in [2.45, 2.75) is 0 Å². The molecule has 68 valence electrons. The molecule has 0 saturated heterocycles. The van der Waals surface area contributed by atoms with Gasteiger partial charge >= 0.3 is 0 Å². The topological polar surface area (TPSA) is 67.1 Å². The number of halogens is 1. The fourth-order valence-electron chi connectivity index (χ4n) is 1.21. The van der Waals surface area contributed by atoms with Crippen LogP contribution in [0.3, 0.4) is 0 Å². The van der Waals surface area contributed by atoms with Crippen LogP contribution in [0.15, 0.2) is 12.1 Å². The first kappa shape index (κ1) is 8.19. The van der Waals surface area contributed by atoms with Gasteiger partial charge in [-0.2, -0.15) is 0 Å². The van der Waals surface area contributed by atoms with E-state index in [-0.39, 0.29) is 12.5 Å². The minimum Gasteiger partial charge on any atom is -0.397 e. The van der Waals surface area contributed by atoms with Crippen molar-refractivity contribution in [1.29, 1.82) is 0 Å². The van der Waals surface area contributed by atoms with Gasteiger partial charge in [-0.25, -0.2) is 0 Å². The highest BCUT2D eigenvalue weighted by Crippen LogP contribution is 2.32. The maximum Gasteiger partial charge on any atom is 0.243 e. The van der Waals surface area contributed by atoms with Gasteiger partial charge < -0.3 is 16.4 Å². The summed E-state index contributed by atoms with van der Waals surface area (Å²) in [5.74, 6) is -0.0756. The summed E-state index contributed by atoms with van der Waals surface area (Å²) in [6.07, 6.45) is 0. The molecule has 0 aromatic heterocycles. The molecule has 1 heterocycles. The van der Waals surface area contributed by atoms with Crippen LogP contribution in [-0.4, -0.2) is 12.5 Å². The van der Waals surface area contributed by atoms with Crippen molar-refractivity contribution in [2.75, 3.05) is 22.9 Å². The SMILES string of the molecule is Nc1cc2c(cc1Cl)NC(=O)CN2. The highest BCUT2D eigenvalue weighted by atomic mass is 35.5. The molecule has 0 atom stereocenters. The number of nitrogen functional groups attached to an aromatic ring is 1.